The summed E-state index contributed by atoms with van der Waals surface area (Å²) in [6.45, 7) is 9.53. The molecule has 1 aromatic carbocycles. The van der Waals surface area contributed by atoms with E-state index >= 15 is 0 Å². The highest BCUT2D eigenvalue weighted by atomic mass is 15.1. The highest BCUT2D eigenvalue weighted by molar-refractivity contribution is 5.83. The lowest BCUT2D eigenvalue weighted by atomic mass is 10.2. The van der Waals surface area contributed by atoms with Crippen molar-refractivity contribution in [2.45, 2.75) is 53.4 Å². The molecule has 3 rings (SSSR count). The van der Waals surface area contributed by atoms with Gasteiger partial charge in [0.1, 0.15) is 11.3 Å². The first-order valence-corrected chi connectivity index (χ1v) is 9.67. The van der Waals surface area contributed by atoms with Crippen LogP contribution in [-0.4, -0.2) is 20.7 Å². The number of aromatic nitrogens is 3. The zero-order valence-electron chi connectivity index (χ0n) is 16.7. The van der Waals surface area contributed by atoms with Crippen molar-refractivity contribution in [3.8, 4) is 5.69 Å². The molecule has 3 aromatic rings. The summed E-state index contributed by atoms with van der Waals surface area (Å²) in [5.41, 5.74) is 5.71. The van der Waals surface area contributed by atoms with Gasteiger partial charge in [-0.25, -0.2) is 4.98 Å². The van der Waals surface area contributed by atoms with E-state index in [0.717, 1.165) is 35.6 Å². The molecule has 0 aliphatic heterocycles. The predicted molar refractivity (Wildman–Crippen MR) is 109 cm³/mol. The van der Waals surface area contributed by atoms with Crippen molar-refractivity contribution in [1.29, 1.82) is 0 Å². The van der Waals surface area contributed by atoms with Crippen molar-refractivity contribution < 1.29 is 0 Å². The number of hydrogen-bond donors (Lipinski definition) is 0. The van der Waals surface area contributed by atoms with E-state index < -0.39 is 0 Å². The summed E-state index contributed by atoms with van der Waals surface area (Å²) >= 11 is 0. The number of nitrogens with zero attached hydrogens (tertiary/aromatic N) is 4. The highest BCUT2D eigenvalue weighted by Gasteiger charge is 2.17. The molecule has 0 aliphatic carbocycles. The Morgan fingerprint density at radius 3 is 2.42 bits per heavy atom. The van der Waals surface area contributed by atoms with Crippen LogP contribution < -0.4 is 5.49 Å². The summed E-state index contributed by atoms with van der Waals surface area (Å²) in [5.74, 6) is 0.986. The molecule has 0 saturated heterocycles. The third kappa shape index (κ3) is 3.33. The van der Waals surface area contributed by atoms with Crippen LogP contribution in [0.5, 0.6) is 0 Å². The summed E-state index contributed by atoms with van der Waals surface area (Å²) in [5, 5.41) is 1.18. The van der Waals surface area contributed by atoms with E-state index in [1.807, 2.05) is 6.07 Å². The lowest BCUT2D eigenvalue weighted by Gasteiger charge is -2.10. The molecule has 0 saturated carbocycles. The third-order valence-electron chi connectivity index (χ3n) is 5.27. The van der Waals surface area contributed by atoms with Gasteiger partial charge in [-0.15, -0.1) is 0 Å². The fourth-order valence-corrected chi connectivity index (χ4v) is 3.51. The van der Waals surface area contributed by atoms with Crippen molar-refractivity contribution >= 4 is 11.0 Å². The maximum absolute atomic E-state index is 4.99. The van der Waals surface area contributed by atoms with E-state index in [4.69, 9.17) is 9.98 Å². The summed E-state index contributed by atoms with van der Waals surface area (Å²) < 4.78 is 4.39. The smallest absolute Gasteiger partial charge is 0.150 e. The van der Waals surface area contributed by atoms with Crippen molar-refractivity contribution in [3.05, 3.63) is 52.9 Å². The first-order valence-electron chi connectivity index (χ1n) is 9.67. The molecule has 0 atom stereocenters. The molecule has 0 spiro atoms. The Balaban J connectivity index is 2.20. The van der Waals surface area contributed by atoms with Gasteiger partial charge < -0.3 is 4.57 Å². The normalized spacial score (nSPS) is 12.3. The molecule has 4 heteroatoms. The SMILES string of the molecule is CCCCCC/N=c1\c2c(C)c(C)n(-c3ccccc3)c2nc(C)n1C. The monoisotopic (exact) mass is 350 g/mol. The number of para-hydroxylation sites is 1. The zero-order chi connectivity index (χ0) is 18.7. The van der Waals surface area contributed by atoms with Gasteiger partial charge in [0.2, 0.25) is 0 Å². The minimum Gasteiger partial charge on any atom is -0.318 e. The van der Waals surface area contributed by atoms with Crippen molar-refractivity contribution in [3.63, 3.8) is 0 Å². The second-order valence-corrected chi connectivity index (χ2v) is 7.06. The maximum Gasteiger partial charge on any atom is 0.150 e. The molecule has 0 unspecified atom stereocenters. The van der Waals surface area contributed by atoms with Crippen LogP contribution in [0.2, 0.25) is 0 Å². The molecular formula is C22H30N4. The molecule has 0 fully saturated rings. The van der Waals surface area contributed by atoms with Crippen molar-refractivity contribution in [2.24, 2.45) is 12.0 Å². The Hall–Kier alpha value is -2.36. The Kier molecular flexibility index (Phi) is 5.60. The third-order valence-corrected chi connectivity index (χ3v) is 5.27. The molecular weight excluding hydrogens is 320 g/mol. The molecule has 138 valence electrons. The number of rotatable bonds is 6. The Morgan fingerprint density at radius 1 is 1.00 bits per heavy atom. The molecule has 0 amide bonds. The first-order chi connectivity index (χ1) is 12.6. The van der Waals surface area contributed by atoms with Gasteiger partial charge in [-0.3, -0.25) is 9.56 Å². The molecule has 2 aromatic heterocycles. The molecule has 0 N–H and O–H groups in total. The van der Waals surface area contributed by atoms with E-state index in [1.54, 1.807) is 0 Å². The van der Waals surface area contributed by atoms with Crippen molar-refractivity contribution in [2.75, 3.05) is 6.54 Å². The van der Waals surface area contributed by atoms with E-state index in [0.29, 0.717) is 0 Å². The van der Waals surface area contributed by atoms with Crippen LogP contribution in [0.25, 0.3) is 16.7 Å². The standard InChI is InChI=1S/C22H30N4/c1-6-7-8-12-15-23-21-20-16(2)17(3)26(19-13-10-9-11-14-19)22(20)24-18(4)25(21)5/h9-11,13-14H,6-8,12,15H2,1-5H3/b23-21+. The van der Waals surface area contributed by atoms with E-state index in [9.17, 15) is 0 Å². The zero-order valence-corrected chi connectivity index (χ0v) is 16.7. The lowest BCUT2D eigenvalue weighted by Crippen LogP contribution is -2.23. The molecule has 26 heavy (non-hydrogen) atoms. The van der Waals surface area contributed by atoms with Gasteiger partial charge in [0.15, 0.2) is 5.65 Å². The second kappa shape index (κ2) is 7.90. The van der Waals surface area contributed by atoms with E-state index in [1.165, 1.54) is 35.9 Å². The number of aryl methyl sites for hydroxylation is 2. The van der Waals surface area contributed by atoms with Crippen LogP contribution in [0, 0.1) is 20.8 Å². The Morgan fingerprint density at radius 2 is 1.73 bits per heavy atom. The van der Waals surface area contributed by atoms with Crippen molar-refractivity contribution in [1.82, 2.24) is 14.1 Å². The minimum atomic E-state index is 0.876. The second-order valence-electron chi connectivity index (χ2n) is 7.06. The number of fused-ring (bicyclic) bond motifs is 1. The van der Waals surface area contributed by atoms with Crippen LogP contribution in [-0.2, 0) is 7.05 Å². The predicted octanol–water partition coefficient (Wildman–Crippen LogP) is 4.77. The summed E-state index contributed by atoms with van der Waals surface area (Å²) in [4.78, 5) is 9.90. The topological polar surface area (TPSA) is 35.1 Å². The van der Waals surface area contributed by atoms with Crippen LogP contribution in [0.1, 0.15) is 49.7 Å². The maximum atomic E-state index is 4.99. The summed E-state index contributed by atoms with van der Waals surface area (Å²) in [6, 6.07) is 10.5. The average molecular weight is 351 g/mol. The van der Waals surface area contributed by atoms with Crippen LogP contribution in [0.4, 0.5) is 0 Å². The minimum absolute atomic E-state index is 0.876. The summed E-state index contributed by atoms with van der Waals surface area (Å²) in [7, 11) is 2.07. The van der Waals surface area contributed by atoms with Gasteiger partial charge in [-0.2, -0.15) is 0 Å². The van der Waals surface area contributed by atoms with Gasteiger partial charge in [0, 0.05) is 25.0 Å². The van der Waals surface area contributed by atoms with Gasteiger partial charge >= 0.3 is 0 Å². The number of benzene rings is 1. The molecule has 0 radical (unpaired) electrons. The van der Waals surface area contributed by atoms with Gasteiger partial charge in [-0.05, 0) is 44.9 Å². The lowest BCUT2D eigenvalue weighted by molar-refractivity contribution is 0.660. The first kappa shape index (κ1) is 18.4. The fourth-order valence-electron chi connectivity index (χ4n) is 3.51. The van der Waals surface area contributed by atoms with Crippen LogP contribution in [0.3, 0.4) is 0 Å². The van der Waals surface area contributed by atoms with E-state index in [-0.39, 0.29) is 0 Å². The van der Waals surface area contributed by atoms with Crippen LogP contribution >= 0.6 is 0 Å². The van der Waals surface area contributed by atoms with Gasteiger partial charge in [0.05, 0.1) is 5.39 Å². The van der Waals surface area contributed by atoms with E-state index in [2.05, 4.69) is 68.1 Å². The molecule has 2 heterocycles. The largest absolute Gasteiger partial charge is 0.318 e. The molecule has 0 bridgehead atoms. The van der Waals surface area contributed by atoms with Gasteiger partial charge in [0.25, 0.3) is 0 Å². The fraction of sp³-hybridized carbons (Fsp3) is 0.455. The van der Waals surface area contributed by atoms with Crippen LogP contribution in [0.15, 0.2) is 35.3 Å². The quantitative estimate of drug-likeness (QED) is 0.590. The van der Waals surface area contributed by atoms with Gasteiger partial charge in [-0.1, -0.05) is 44.4 Å². The number of hydrogen-bond acceptors (Lipinski definition) is 2. The Labute approximate surface area is 156 Å². The molecule has 0 aliphatic rings. The summed E-state index contributed by atoms with van der Waals surface area (Å²) in [6.07, 6.45) is 4.94. The number of unbranched alkanes of at least 4 members (excludes halogenated alkanes) is 3. The highest BCUT2D eigenvalue weighted by Crippen LogP contribution is 2.25. The molecule has 4 nitrogen and oxygen atoms in total. The average Bonchev–Trinajstić information content (AvgIpc) is 2.89. The Bertz CT molecular complexity index is 961.